The Labute approximate surface area is 186 Å². The molecule has 28 heavy (non-hydrogen) atoms. The van der Waals surface area contributed by atoms with Crippen LogP contribution in [0.5, 0.6) is 11.5 Å². The normalized spacial score (nSPS) is 10.5. The highest BCUT2D eigenvalue weighted by Gasteiger charge is 2.12. The van der Waals surface area contributed by atoms with E-state index in [1.165, 1.54) is 6.08 Å². The van der Waals surface area contributed by atoms with Gasteiger partial charge in [0.1, 0.15) is 29.7 Å². The van der Waals surface area contributed by atoms with Gasteiger partial charge < -0.3 is 14.8 Å². The summed E-state index contributed by atoms with van der Waals surface area (Å²) in [6.45, 7) is 0.461. The number of carbonyl (C=O) groups excluding carboxylic acids is 1. The lowest BCUT2D eigenvalue weighted by Gasteiger charge is -2.09. The zero-order valence-electron chi connectivity index (χ0n) is 15.0. The highest BCUT2D eigenvalue weighted by Crippen LogP contribution is 2.32. The van der Waals surface area contributed by atoms with E-state index in [1.54, 1.807) is 13.2 Å². The summed E-state index contributed by atoms with van der Waals surface area (Å²) in [7, 11) is 1.59. The summed E-state index contributed by atoms with van der Waals surface area (Å²) in [6, 6.07) is 12.8. The van der Waals surface area contributed by atoms with Crippen LogP contribution >= 0.6 is 38.5 Å². The molecular formula is C21H16BrIN2O3. The second kappa shape index (κ2) is 10.7. The average Bonchev–Trinajstić information content (AvgIpc) is 2.70. The number of halogens is 2. The van der Waals surface area contributed by atoms with Gasteiger partial charge in [0.25, 0.3) is 5.91 Å². The van der Waals surface area contributed by atoms with Gasteiger partial charge >= 0.3 is 0 Å². The number of hydrogen-bond donors (Lipinski definition) is 1. The Hall–Kier alpha value is -2.49. The Morgan fingerprint density at radius 3 is 2.64 bits per heavy atom. The van der Waals surface area contributed by atoms with E-state index in [9.17, 15) is 10.1 Å². The lowest BCUT2D eigenvalue weighted by Crippen LogP contribution is -2.23. The van der Waals surface area contributed by atoms with Gasteiger partial charge in [-0.1, -0.05) is 18.1 Å². The van der Waals surface area contributed by atoms with Gasteiger partial charge in [0.15, 0.2) is 0 Å². The van der Waals surface area contributed by atoms with Crippen molar-refractivity contribution >= 4 is 50.5 Å². The number of benzene rings is 2. The van der Waals surface area contributed by atoms with E-state index < -0.39 is 5.91 Å². The number of rotatable bonds is 7. The smallest absolute Gasteiger partial charge is 0.262 e. The third kappa shape index (κ3) is 6.01. The maximum Gasteiger partial charge on any atom is 0.262 e. The maximum absolute atomic E-state index is 12.4. The molecule has 0 radical (unpaired) electrons. The fourth-order valence-electron chi connectivity index (χ4n) is 2.25. The van der Waals surface area contributed by atoms with Gasteiger partial charge in [-0.3, -0.25) is 4.79 Å². The van der Waals surface area contributed by atoms with Crippen molar-refractivity contribution in [3.63, 3.8) is 0 Å². The second-order valence-electron chi connectivity index (χ2n) is 5.51. The summed E-state index contributed by atoms with van der Waals surface area (Å²) >= 11 is 5.54. The number of nitrogens with one attached hydrogen (secondary N) is 1. The van der Waals surface area contributed by atoms with Gasteiger partial charge in [0, 0.05) is 6.54 Å². The van der Waals surface area contributed by atoms with Crippen LogP contribution in [0.1, 0.15) is 11.1 Å². The molecule has 1 N–H and O–H groups in total. The van der Waals surface area contributed by atoms with Gasteiger partial charge in [-0.15, -0.1) is 6.42 Å². The molecule has 0 saturated heterocycles. The van der Waals surface area contributed by atoms with Crippen LogP contribution in [0.4, 0.5) is 0 Å². The van der Waals surface area contributed by atoms with Crippen molar-refractivity contribution in [1.29, 1.82) is 5.26 Å². The molecule has 0 aromatic heterocycles. The monoisotopic (exact) mass is 550 g/mol. The maximum atomic E-state index is 12.4. The minimum Gasteiger partial charge on any atom is -0.497 e. The van der Waals surface area contributed by atoms with Gasteiger partial charge in [-0.05, 0) is 80.0 Å². The Morgan fingerprint density at radius 1 is 1.36 bits per heavy atom. The van der Waals surface area contributed by atoms with Gasteiger partial charge in [-0.2, -0.15) is 5.26 Å². The highest BCUT2D eigenvalue weighted by atomic mass is 127. The second-order valence-corrected chi connectivity index (χ2v) is 7.52. The largest absolute Gasteiger partial charge is 0.497 e. The molecule has 0 aliphatic heterocycles. The molecule has 0 unspecified atom stereocenters. The first-order valence-corrected chi connectivity index (χ1v) is 9.94. The molecule has 0 fully saturated rings. The first-order chi connectivity index (χ1) is 13.5. The lowest BCUT2D eigenvalue weighted by molar-refractivity contribution is -0.117. The fourth-order valence-corrected chi connectivity index (χ4v) is 4.02. The summed E-state index contributed by atoms with van der Waals surface area (Å²) in [4.78, 5) is 12.4. The zero-order chi connectivity index (χ0) is 20.5. The Kier molecular flexibility index (Phi) is 8.37. The van der Waals surface area contributed by atoms with Gasteiger partial charge in [0.05, 0.1) is 15.2 Å². The van der Waals surface area contributed by atoms with E-state index in [1.807, 2.05) is 36.4 Å². The fraction of sp³-hybridized carbons (Fsp3) is 0.143. The minimum absolute atomic E-state index is 0.00787. The third-order valence-electron chi connectivity index (χ3n) is 3.61. The average molecular weight is 551 g/mol. The number of amides is 1. The van der Waals surface area contributed by atoms with Crippen molar-refractivity contribution in [2.75, 3.05) is 13.7 Å². The van der Waals surface area contributed by atoms with Crippen LogP contribution in [0.15, 0.2) is 46.4 Å². The summed E-state index contributed by atoms with van der Waals surface area (Å²) in [6.07, 6.45) is 6.75. The number of nitriles is 1. The molecule has 1 amide bonds. The molecule has 7 heteroatoms. The summed E-state index contributed by atoms with van der Waals surface area (Å²) in [5, 5.41) is 12.1. The van der Waals surface area contributed by atoms with E-state index in [0.29, 0.717) is 22.3 Å². The number of carbonyl (C=O) groups is 1. The molecule has 2 rings (SSSR count). The van der Waals surface area contributed by atoms with Gasteiger partial charge in [-0.25, -0.2) is 0 Å². The summed E-state index contributed by atoms with van der Waals surface area (Å²) in [5.74, 6) is 3.33. The topological polar surface area (TPSA) is 71.3 Å². The van der Waals surface area contributed by atoms with Crippen molar-refractivity contribution < 1.29 is 14.3 Å². The summed E-state index contributed by atoms with van der Waals surface area (Å²) < 4.78 is 12.1. The van der Waals surface area contributed by atoms with Crippen LogP contribution in [0.2, 0.25) is 0 Å². The Morgan fingerprint density at radius 2 is 2.07 bits per heavy atom. The SMILES string of the molecule is C#CCOc1c(Br)cc(/C=C(/C#N)C(=O)NCc2ccc(OC)cc2)cc1I. The predicted octanol–water partition coefficient (Wildman–Crippen LogP) is 4.30. The van der Waals surface area contributed by atoms with E-state index in [2.05, 4.69) is 49.8 Å². The molecule has 2 aromatic carbocycles. The molecule has 0 bridgehead atoms. The number of terminal acetylenes is 1. The van der Waals surface area contributed by atoms with Crippen molar-refractivity contribution in [1.82, 2.24) is 5.32 Å². The number of hydrogen-bond acceptors (Lipinski definition) is 4. The van der Waals surface area contributed by atoms with Crippen molar-refractivity contribution in [3.8, 4) is 29.9 Å². The van der Waals surface area contributed by atoms with E-state index >= 15 is 0 Å². The van der Waals surface area contributed by atoms with Crippen LogP contribution in [0.25, 0.3) is 6.08 Å². The van der Waals surface area contributed by atoms with Crippen molar-refractivity contribution in [2.45, 2.75) is 6.54 Å². The molecule has 0 atom stereocenters. The van der Waals surface area contributed by atoms with Crippen LogP contribution in [-0.2, 0) is 11.3 Å². The number of methoxy groups -OCH3 is 1. The molecule has 2 aromatic rings. The molecule has 0 aliphatic rings. The van der Waals surface area contributed by atoms with Crippen LogP contribution < -0.4 is 14.8 Å². The van der Waals surface area contributed by atoms with E-state index in [0.717, 1.165) is 14.9 Å². The molecule has 142 valence electrons. The first kappa shape index (κ1) is 21.8. The Bertz CT molecular complexity index is 950. The number of nitrogens with zero attached hydrogens (tertiary/aromatic N) is 1. The first-order valence-electron chi connectivity index (χ1n) is 8.06. The van der Waals surface area contributed by atoms with E-state index in [4.69, 9.17) is 15.9 Å². The molecule has 0 saturated carbocycles. The molecule has 0 heterocycles. The number of ether oxygens (including phenoxy) is 2. The zero-order valence-corrected chi connectivity index (χ0v) is 18.7. The van der Waals surface area contributed by atoms with Crippen LogP contribution in [0, 0.1) is 27.2 Å². The molecule has 0 spiro atoms. The molecular weight excluding hydrogens is 535 g/mol. The standard InChI is InChI=1S/C21H16BrIN2O3/c1-3-8-28-20-18(22)10-15(11-19(20)23)9-16(12-24)21(26)25-13-14-4-6-17(27-2)7-5-14/h1,4-7,9-11H,8,13H2,2H3,(H,25,26)/b16-9-. The lowest BCUT2D eigenvalue weighted by atomic mass is 10.1. The quantitative estimate of drug-likeness (QED) is 0.241. The van der Waals surface area contributed by atoms with Gasteiger partial charge in [0.2, 0.25) is 0 Å². The van der Waals surface area contributed by atoms with Crippen molar-refractivity contribution in [2.24, 2.45) is 0 Å². The highest BCUT2D eigenvalue weighted by molar-refractivity contribution is 14.1. The van der Waals surface area contributed by atoms with E-state index in [-0.39, 0.29) is 12.2 Å². The molecule has 0 aliphatic carbocycles. The minimum atomic E-state index is -0.447. The Balaban J connectivity index is 2.12. The molecule has 5 nitrogen and oxygen atoms in total. The van der Waals surface area contributed by atoms with Crippen molar-refractivity contribution in [3.05, 3.63) is 61.1 Å². The third-order valence-corrected chi connectivity index (χ3v) is 5.00. The van der Waals surface area contributed by atoms with Crippen LogP contribution in [0.3, 0.4) is 0 Å². The van der Waals surface area contributed by atoms with Crippen LogP contribution in [-0.4, -0.2) is 19.6 Å². The summed E-state index contributed by atoms with van der Waals surface area (Å²) in [5.41, 5.74) is 1.60. The predicted molar refractivity (Wildman–Crippen MR) is 120 cm³/mol.